The fraction of sp³-hybridized carbons (Fsp3) is 0.389. The van der Waals surface area contributed by atoms with Crippen molar-refractivity contribution in [2.75, 3.05) is 5.75 Å². The molecule has 0 saturated carbocycles. The first-order valence-corrected chi connectivity index (χ1v) is 11.9. The quantitative estimate of drug-likeness (QED) is 0.705. The molecule has 2 aromatic heterocycles. The Balaban J connectivity index is 1.88. The molecule has 0 saturated heterocycles. The molecule has 1 aliphatic heterocycles. The van der Waals surface area contributed by atoms with Crippen LogP contribution in [-0.4, -0.2) is 35.6 Å². The maximum Gasteiger partial charge on any atom is 0.261 e. The fourth-order valence-electron chi connectivity index (χ4n) is 2.91. The molecule has 0 aromatic carbocycles. The van der Waals surface area contributed by atoms with Crippen LogP contribution in [0.15, 0.2) is 29.4 Å². The summed E-state index contributed by atoms with van der Waals surface area (Å²) in [5.74, 6) is -0.602. The van der Waals surface area contributed by atoms with Crippen molar-refractivity contribution in [3.8, 4) is 0 Å². The van der Waals surface area contributed by atoms with Crippen LogP contribution in [0.2, 0.25) is 10.0 Å². The van der Waals surface area contributed by atoms with Gasteiger partial charge in [-0.1, -0.05) is 23.2 Å². The van der Waals surface area contributed by atoms with Gasteiger partial charge < -0.3 is 11.1 Å². The summed E-state index contributed by atoms with van der Waals surface area (Å²) in [6, 6.07) is 4.88. The predicted molar refractivity (Wildman–Crippen MR) is 117 cm³/mol. The lowest BCUT2D eigenvalue weighted by Crippen LogP contribution is -2.54. The number of amidine groups is 1. The van der Waals surface area contributed by atoms with Gasteiger partial charge in [0.25, 0.3) is 5.91 Å². The van der Waals surface area contributed by atoms with E-state index in [0.717, 1.165) is 11.3 Å². The summed E-state index contributed by atoms with van der Waals surface area (Å²) in [4.78, 5) is 21.9. The Bertz CT molecular complexity index is 1110. The van der Waals surface area contributed by atoms with Crippen molar-refractivity contribution in [2.24, 2.45) is 10.7 Å². The minimum atomic E-state index is -3.58. The summed E-state index contributed by atoms with van der Waals surface area (Å²) in [5, 5.41) is 3.45. The van der Waals surface area contributed by atoms with Gasteiger partial charge in [0, 0.05) is 6.20 Å². The molecule has 0 fully saturated rings. The lowest BCUT2D eigenvalue weighted by molar-refractivity contribution is 0.0954. The molecule has 156 valence electrons. The molecule has 1 atom stereocenters. The SMILES string of the molecule is CC1(c2sc(C(=O)NCc3ncccc3Cl)cc2Cl)CS(=O)(=O)C(C)(C)C(N)=N1. The van der Waals surface area contributed by atoms with Crippen LogP contribution in [0.5, 0.6) is 0 Å². The van der Waals surface area contributed by atoms with Gasteiger partial charge in [0.2, 0.25) is 0 Å². The molecule has 0 aliphatic carbocycles. The van der Waals surface area contributed by atoms with E-state index < -0.39 is 20.1 Å². The molecule has 1 unspecified atom stereocenters. The first-order valence-electron chi connectivity index (χ1n) is 8.63. The number of hydrogen-bond acceptors (Lipinski definition) is 7. The molecule has 1 amide bonds. The Kier molecular flexibility index (Phi) is 5.72. The van der Waals surface area contributed by atoms with Gasteiger partial charge in [-0.25, -0.2) is 8.42 Å². The summed E-state index contributed by atoms with van der Waals surface area (Å²) < 4.78 is 24.2. The van der Waals surface area contributed by atoms with Crippen molar-refractivity contribution >= 4 is 56.1 Å². The van der Waals surface area contributed by atoms with Gasteiger partial charge in [-0.05, 0) is 39.0 Å². The molecule has 7 nitrogen and oxygen atoms in total. The summed E-state index contributed by atoms with van der Waals surface area (Å²) in [7, 11) is -3.58. The van der Waals surface area contributed by atoms with Crippen LogP contribution >= 0.6 is 34.5 Å². The van der Waals surface area contributed by atoms with Crippen LogP contribution < -0.4 is 11.1 Å². The van der Waals surface area contributed by atoms with Crippen LogP contribution in [0.4, 0.5) is 0 Å². The van der Waals surface area contributed by atoms with E-state index in [2.05, 4.69) is 15.3 Å². The molecular formula is C18H20Cl2N4O3S2. The lowest BCUT2D eigenvalue weighted by atomic mass is 10.0. The third-order valence-corrected chi connectivity index (χ3v) is 9.73. The zero-order valence-electron chi connectivity index (χ0n) is 16.0. The zero-order valence-corrected chi connectivity index (χ0v) is 19.1. The maximum atomic E-state index is 12.7. The summed E-state index contributed by atoms with van der Waals surface area (Å²) in [6.45, 7) is 4.85. The van der Waals surface area contributed by atoms with Crippen molar-refractivity contribution in [3.05, 3.63) is 49.9 Å². The number of amides is 1. The van der Waals surface area contributed by atoms with Gasteiger partial charge in [-0.15, -0.1) is 11.3 Å². The Morgan fingerprint density at radius 3 is 2.62 bits per heavy atom. The largest absolute Gasteiger partial charge is 0.386 e. The van der Waals surface area contributed by atoms with Crippen molar-refractivity contribution < 1.29 is 13.2 Å². The Hall–Kier alpha value is -1.68. The number of sulfone groups is 1. The van der Waals surface area contributed by atoms with E-state index >= 15 is 0 Å². The summed E-state index contributed by atoms with van der Waals surface area (Å²) in [5.41, 5.74) is 5.35. The maximum absolute atomic E-state index is 12.7. The van der Waals surface area contributed by atoms with Gasteiger partial charge in [-0.2, -0.15) is 0 Å². The van der Waals surface area contributed by atoms with Gasteiger partial charge in [0.05, 0.1) is 37.8 Å². The van der Waals surface area contributed by atoms with Crippen molar-refractivity contribution in [2.45, 2.75) is 37.6 Å². The summed E-state index contributed by atoms with van der Waals surface area (Å²) in [6.07, 6.45) is 1.59. The number of nitrogens with zero attached hydrogens (tertiary/aromatic N) is 2. The highest BCUT2D eigenvalue weighted by Crippen LogP contribution is 2.43. The molecule has 3 N–H and O–H groups in total. The standard InChI is InChI=1S/C18H20Cl2N4O3S2/c1-17(2)16(21)24-18(3,9-29(17,26)27)14-11(20)7-13(28-14)15(25)23-8-12-10(19)5-4-6-22-12/h4-7H,8-9H2,1-3H3,(H2,21,24)(H,23,25). The van der Waals surface area contributed by atoms with Crippen LogP contribution in [-0.2, 0) is 21.9 Å². The molecule has 1 aliphatic rings. The number of halogens is 2. The highest BCUT2D eigenvalue weighted by atomic mass is 35.5. The van der Waals surface area contributed by atoms with E-state index in [1.807, 2.05) is 0 Å². The van der Waals surface area contributed by atoms with E-state index in [-0.39, 0.29) is 29.1 Å². The molecule has 29 heavy (non-hydrogen) atoms. The molecule has 2 aromatic rings. The number of aromatic nitrogens is 1. The van der Waals surface area contributed by atoms with E-state index in [4.69, 9.17) is 28.9 Å². The zero-order chi connectivity index (χ0) is 21.6. The number of pyridine rings is 1. The van der Waals surface area contributed by atoms with Crippen LogP contribution in [0, 0.1) is 0 Å². The topological polar surface area (TPSA) is 115 Å². The van der Waals surface area contributed by atoms with Crippen LogP contribution in [0.25, 0.3) is 0 Å². The Morgan fingerprint density at radius 1 is 1.31 bits per heavy atom. The van der Waals surface area contributed by atoms with E-state index in [9.17, 15) is 13.2 Å². The number of nitrogens with one attached hydrogen (secondary N) is 1. The monoisotopic (exact) mass is 474 g/mol. The average molecular weight is 475 g/mol. The third kappa shape index (κ3) is 4.01. The fourth-order valence-corrected chi connectivity index (χ4v) is 6.41. The second-order valence-electron chi connectivity index (χ2n) is 7.44. The van der Waals surface area contributed by atoms with Gasteiger partial charge in [0.1, 0.15) is 16.1 Å². The number of nitrogens with two attached hydrogens (primary N) is 1. The second kappa shape index (κ2) is 7.54. The molecule has 3 rings (SSSR count). The molecule has 3 heterocycles. The molecule has 0 radical (unpaired) electrons. The molecule has 11 heteroatoms. The van der Waals surface area contributed by atoms with Gasteiger partial charge in [0.15, 0.2) is 9.84 Å². The third-order valence-electron chi connectivity index (χ3n) is 4.88. The van der Waals surface area contributed by atoms with Crippen molar-refractivity contribution in [3.63, 3.8) is 0 Å². The minimum absolute atomic E-state index is 0.0199. The van der Waals surface area contributed by atoms with Crippen LogP contribution in [0.3, 0.4) is 0 Å². The molecular weight excluding hydrogens is 455 g/mol. The lowest BCUT2D eigenvalue weighted by Gasteiger charge is -2.37. The van der Waals surface area contributed by atoms with E-state index in [1.165, 1.54) is 19.9 Å². The number of aliphatic imine (C=N–C) groups is 1. The number of thiophene rings is 1. The van der Waals surface area contributed by atoms with E-state index in [1.54, 1.807) is 25.3 Å². The molecule has 0 bridgehead atoms. The number of carbonyl (C=O) groups is 1. The minimum Gasteiger partial charge on any atom is -0.386 e. The number of carbonyl (C=O) groups excluding carboxylic acids is 1. The second-order valence-corrected chi connectivity index (χ2v) is 11.8. The van der Waals surface area contributed by atoms with Crippen LogP contribution in [0.1, 0.15) is 41.0 Å². The highest BCUT2D eigenvalue weighted by molar-refractivity contribution is 7.93. The number of hydrogen-bond donors (Lipinski definition) is 2. The normalized spacial score (nSPS) is 22.7. The first-order chi connectivity index (χ1) is 13.4. The van der Waals surface area contributed by atoms with Crippen molar-refractivity contribution in [1.82, 2.24) is 10.3 Å². The van der Waals surface area contributed by atoms with Gasteiger partial charge >= 0.3 is 0 Å². The summed E-state index contributed by atoms with van der Waals surface area (Å²) >= 11 is 13.5. The van der Waals surface area contributed by atoms with Gasteiger partial charge in [-0.3, -0.25) is 14.8 Å². The Morgan fingerprint density at radius 2 is 2.00 bits per heavy atom. The van der Waals surface area contributed by atoms with Crippen molar-refractivity contribution in [1.29, 1.82) is 0 Å². The van der Waals surface area contributed by atoms with E-state index in [0.29, 0.717) is 20.5 Å². The smallest absolute Gasteiger partial charge is 0.261 e. The molecule has 0 spiro atoms. The number of rotatable bonds is 4. The predicted octanol–water partition coefficient (Wildman–Crippen LogP) is 3.16. The Labute approximate surface area is 183 Å². The average Bonchev–Trinajstić information content (AvgIpc) is 3.02. The highest BCUT2D eigenvalue weighted by Gasteiger charge is 2.50. The first kappa shape index (κ1) is 22.0.